The highest BCUT2D eigenvalue weighted by Crippen LogP contribution is 2.38. The maximum absolute atomic E-state index is 13.2. The first-order valence-electron chi connectivity index (χ1n) is 8.11. The van der Waals surface area contributed by atoms with Crippen molar-refractivity contribution in [1.82, 2.24) is 5.32 Å². The summed E-state index contributed by atoms with van der Waals surface area (Å²) in [6, 6.07) is 7.47. The highest BCUT2D eigenvalue weighted by Gasteiger charge is 2.34. The average Bonchev–Trinajstić information content (AvgIpc) is 2.53. The molecule has 134 valence electrons. The van der Waals surface area contributed by atoms with Gasteiger partial charge in [-0.25, -0.2) is 13.6 Å². The van der Waals surface area contributed by atoms with E-state index in [1.54, 1.807) is 17.8 Å². The summed E-state index contributed by atoms with van der Waals surface area (Å²) in [7, 11) is 0. The van der Waals surface area contributed by atoms with Crippen LogP contribution >= 0.6 is 11.8 Å². The van der Waals surface area contributed by atoms with Crippen LogP contribution in [0.2, 0.25) is 0 Å². The quantitative estimate of drug-likeness (QED) is 0.635. The molecule has 24 heavy (non-hydrogen) atoms. The molecular formula is C17H23F2NO3S. The summed E-state index contributed by atoms with van der Waals surface area (Å²) in [5.74, 6) is -1.38. The molecule has 1 aliphatic carbocycles. The third-order valence-electron chi connectivity index (χ3n) is 4.26. The Morgan fingerprint density at radius 3 is 2.75 bits per heavy atom. The molecule has 1 saturated carbocycles. The van der Waals surface area contributed by atoms with Crippen molar-refractivity contribution in [2.24, 2.45) is 5.92 Å². The number of hydrogen-bond donors (Lipinski definition) is 3. The molecule has 0 aromatic heterocycles. The molecule has 1 aromatic rings. The van der Waals surface area contributed by atoms with Gasteiger partial charge in [0.15, 0.2) is 0 Å². The van der Waals surface area contributed by atoms with Crippen molar-refractivity contribution in [3.05, 3.63) is 29.8 Å². The monoisotopic (exact) mass is 359 g/mol. The molecule has 0 aliphatic heterocycles. The van der Waals surface area contributed by atoms with Crippen LogP contribution < -0.4 is 5.32 Å². The van der Waals surface area contributed by atoms with E-state index in [1.165, 1.54) is 0 Å². The summed E-state index contributed by atoms with van der Waals surface area (Å²) >= 11 is 1.62. The topological polar surface area (TPSA) is 69.6 Å². The van der Waals surface area contributed by atoms with Gasteiger partial charge in [0.25, 0.3) is 0 Å². The van der Waals surface area contributed by atoms with E-state index in [0.29, 0.717) is 25.2 Å². The minimum Gasteiger partial charge on any atom is -0.465 e. The Labute approximate surface area is 144 Å². The number of benzene rings is 1. The summed E-state index contributed by atoms with van der Waals surface area (Å²) in [6.45, 7) is 0.185. The van der Waals surface area contributed by atoms with Gasteiger partial charge in [-0.15, -0.1) is 11.8 Å². The van der Waals surface area contributed by atoms with Gasteiger partial charge >= 0.3 is 6.09 Å². The van der Waals surface area contributed by atoms with Crippen LogP contribution in [0.15, 0.2) is 29.2 Å². The molecule has 1 amide bonds. The van der Waals surface area contributed by atoms with Gasteiger partial charge in [-0.1, -0.05) is 12.1 Å². The summed E-state index contributed by atoms with van der Waals surface area (Å²) in [5, 5.41) is 20.9. The molecule has 1 aliphatic rings. The van der Waals surface area contributed by atoms with Gasteiger partial charge in [0.1, 0.15) is 0 Å². The Hall–Kier alpha value is -1.34. The van der Waals surface area contributed by atoms with Crippen molar-refractivity contribution in [1.29, 1.82) is 0 Å². The second-order valence-corrected chi connectivity index (χ2v) is 7.31. The Kier molecular flexibility index (Phi) is 6.86. The number of alkyl halides is 2. The predicted molar refractivity (Wildman–Crippen MR) is 89.7 cm³/mol. The van der Waals surface area contributed by atoms with Gasteiger partial charge in [0, 0.05) is 30.0 Å². The first kappa shape index (κ1) is 19.0. The summed E-state index contributed by atoms with van der Waals surface area (Å²) < 4.78 is 26.3. The van der Waals surface area contributed by atoms with Crippen molar-refractivity contribution in [3.8, 4) is 0 Å². The minimum atomic E-state index is -2.49. The van der Waals surface area contributed by atoms with E-state index in [4.69, 9.17) is 5.11 Å². The fourth-order valence-corrected chi connectivity index (χ4v) is 3.93. The standard InChI is InChI=1S/C17H23F2NO3S/c18-17(19)7-4-12(5-8-17)11-24-14-3-1-2-13(10-14)15(21)6-9-20-16(22)23/h1-3,10,12,15,20-21H,4-9,11H2,(H,22,23). The normalized spacial score (nSPS) is 19.0. The summed E-state index contributed by atoms with van der Waals surface area (Å²) in [4.78, 5) is 11.4. The number of carboxylic acid groups (broad SMARTS) is 1. The fraction of sp³-hybridized carbons (Fsp3) is 0.588. The number of aliphatic hydroxyl groups excluding tert-OH is 1. The third-order valence-corrected chi connectivity index (χ3v) is 5.48. The molecule has 4 nitrogen and oxygen atoms in total. The number of carbonyl (C=O) groups is 1. The van der Waals surface area contributed by atoms with Crippen LogP contribution in [0.1, 0.15) is 43.8 Å². The maximum Gasteiger partial charge on any atom is 0.404 e. The zero-order valence-corrected chi connectivity index (χ0v) is 14.2. The number of hydrogen-bond acceptors (Lipinski definition) is 3. The van der Waals surface area contributed by atoms with Crippen LogP contribution in [0.5, 0.6) is 0 Å². The Balaban J connectivity index is 1.81. The van der Waals surface area contributed by atoms with Gasteiger partial charge in [-0.05, 0) is 42.9 Å². The second kappa shape index (κ2) is 8.67. The minimum absolute atomic E-state index is 0.0203. The predicted octanol–water partition coefficient (Wildman–Crippen LogP) is 4.30. The smallest absolute Gasteiger partial charge is 0.404 e. The number of aliphatic hydroxyl groups is 1. The molecule has 3 N–H and O–H groups in total. The average molecular weight is 359 g/mol. The van der Waals surface area contributed by atoms with Crippen LogP contribution in [0, 0.1) is 5.92 Å². The van der Waals surface area contributed by atoms with Gasteiger partial charge < -0.3 is 15.5 Å². The van der Waals surface area contributed by atoms with E-state index >= 15 is 0 Å². The maximum atomic E-state index is 13.2. The van der Waals surface area contributed by atoms with Gasteiger partial charge in [0.05, 0.1) is 6.10 Å². The first-order chi connectivity index (χ1) is 11.4. The highest BCUT2D eigenvalue weighted by atomic mass is 32.2. The Morgan fingerprint density at radius 2 is 2.08 bits per heavy atom. The molecule has 0 spiro atoms. The largest absolute Gasteiger partial charge is 0.465 e. The van der Waals surface area contributed by atoms with Gasteiger partial charge in [0.2, 0.25) is 5.92 Å². The zero-order chi connectivity index (χ0) is 17.6. The summed E-state index contributed by atoms with van der Waals surface area (Å²) in [6.07, 6.45) is -0.457. The first-order valence-corrected chi connectivity index (χ1v) is 9.10. The van der Waals surface area contributed by atoms with Gasteiger partial charge in [-0.3, -0.25) is 0 Å². The fourth-order valence-electron chi connectivity index (χ4n) is 2.77. The van der Waals surface area contributed by atoms with Crippen molar-refractivity contribution >= 4 is 17.9 Å². The number of halogens is 2. The molecule has 7 heteroatoms. The Bertz CT molecular complexity index is 546. The van der Waals surface area contributed by atoms with Crippen LogP contribution in [0.25, 0.3) is 0 Å². The molecule has 1 fully saturated rings. The lowest BCUT2D eigenvalue weighted by Gasteiger charge is -2.27. The van der Waals surface area contributed by atoms with E-state index in [1.807, 2.05) is 18.2 Å². The van der Waals surface area contributed by atoms with Crippen molar-refractivity contribution in [2.75, 3.05) is 12.3 Å². The molecule has 2 rings (SSSR count). The van der Waals surface area contributed by atoms with Crippen molar-refractivity contribution in [2.45, 2.75) is 49.0 Å². The lowest BCUT2D eigenvalue weighted by atomic mass is 9.88. The molecule has 0 bridgehead atoms. The molecule has 0 radical (unpaired) electrons. The molecule has 1 atom stereocenters. The van der Waals surface area contributed by atoms with E-state index in [-0.39, 0.29) is 19.4 Å². The number of nitrogens with one attached hydrogen (secondary N) is 1. The zero-order valence-electron chi connectivity index (χ0n) is 13.4. The lowest BCUT2D eigenvalue weighted by Crippen LogP contribution is -2.25. The SMILES string of the molecule is O=C(O)NCCC(O)c1cccc(SCC2CCC(F)(F)CC2)c1. The van der Waals surface area contributed by atoms with Crippen molar-refractivity contribution in [3.63, 3.8) is 0 Å². The lowest BCUT2D eigenvalue weighted by molar-refractivity contribution is -0.0433. The third kappa shape index (κ3) is 6.28. The highest BCUT2D eigenvalue weighted by molar-refractivity contribution is 7.99. The Morgan fingerprint density at radius 1 is 1.38 bits per heavy atom. The second-order valence-electron chi connectivity index (χ2n) is 6.22. The molecule has 0 heterocycles. The molecular weight excluding hydrogens is 336 g/mol. The number of rotatable bonds is 7. The summed E-state index contributed by atoms with van der Waals surface area (Å²) in [5.41, 5.74) is 0.738. The molecule has 1 aromatic carbocycles. The number of thioether (sulfide) groups is 1. The van der Waals surface area contributed by atoms with Gasteiger partial charge in [-0.2, -0.15) is 0 Å². The van der Waals surface area contributed by atoms with E-state index in [2.05, 4.69) is 5.32 Å². The molecule has 1 unspecified atom stereocenters. The molecule has 0 saturated heterocycles. The van der Waals surface area contributed by atoms with Crippen LogP contribution in [0.3, 0.4) is 0 Å². The number of amides is 1. The van der Waals surface area contributed by atoms with Crippen molar-refractivity contribution < 1.29 is 23.8 Å². The van der Waals surface area contributed by atoms with Crippen LogP contribution in [0.4, 0.5) is 13.6 Å². The van der Waals surface area contributed by atoms with E-state index in [9.17, 15) is 18.7 Å². The van der Waals surface area contributed by atoms with Crippen LogP contribution in [-0.4, -0.2) is 34.5 Å². The van der Waals surface area contributed by atoms with E-state index < -0.39 is 18.1 Å². The van der Waals surface area contributed by atoms with E-state index in [0.717, 1.165) is 16.2 Å². The van der Waals surface area contributed by atoms with Crippen LogP contribution in [-0.2, 0) is 0 Å².